The zero-order valence-electron chi connectivity index (χ0n) is 15.7. The van der Waals surface area contributed by atoms with Crippen molar-refractivity contribution in [3.8, 4) is 11.8 Å². The van der Waals surface area contributed by atoms with Crippen LogP contribution in [0.25, 0.3) is 11.0 Å². The maximum atomic E-state index is 12.4. The summed E-state index contributed by atoms with van der Waals surface area (Å²) in [6, 6.07) is 15.4. The predicted octanol–water partition coefficient (Wildman–Crippen LogP) is 4.02. The molecule has 0 aliphatic carbocycles. The molecule has 0 bridgehead atoms. The van der Waals surface area contributed by atoms with Gasteiger partial charge >= 0.3 is 5.63 Å². The Morgan fingerprint density at radius 2 is 2.07 bits per heavy atom. The van der Waals surface area contributed by atoms with Crippen LogP contribution in [-0.2, 0) is 11.2 Å². The number of benzene rings is 2. The third-order valence-electron chi connectivity index (χ3n) is 4.26. The summed E-state index contributed by atoms with van der Waals surface area (Å²) in [5.74, 6) is 0.0779. The fourth-order valence-corrected chi connectivity index (χ4v) is 2.93. The Morgan fingerprint density at radius 1 is 1.25 bits per heavy atom. The Balaban J connectivity index is 1.76. The summed E-state index contributed by atoms with van der Waals surface area (Å²) in [5.41, 5.74) is 1.94. The van der Waals surface area contributed by atoms with E-state index in [9.17, 15) is 9.59 Å². The fourth-order valence-electron chi connectivity index (χ4n) is 2.93. The molecule has 0 saturated heterocycles. The van der Waals surface area contributed by atoms with Gasteiger partial charge in [-0.3, -0.25) is 4.79 Å². The normalized spacial score (nSPS) is 11.6. The number of carbonyl (C=O) groups is 1. The van der Waals surface area contributed by atoms with Gasteiger partial charge in [0.25, 0.3) is 5.91 Å². The summed E-state index contributed by atoms with van der Waals surface area (Å²) in [6.07, 6.45) is 0.915. The van der Waals surface area contributed by atoms with Crippen LogP contribution < -0.4 is 15.7 Å². The van der Waals surface area contributed by atoms with E-state index >= 15 is 0 Å². The van der Waals surface area contributed by atoms with Gasteiger partial charge in [0.05, 0.1) is 11.6 Å². The summed E-state index contributed by atoms with van der Waals surface area (Å²) >= 11 is 0. The number of nitrogens with zero attached hydrogens (tertiary/aromatic N) is 1. The molecular formula is C22H20N2O4. The summed E-state index contributed by atoms with van der Waals surface area (Å²) in [5, 5.41) is 12.5. The molecule has 6 nitrogen and oxygen atoms in total. The quantitative estimate of drug-likeness (QED) is 0.656. The van der Waals surface area contributed by atoms with Crippen LogP contribution in [0.4, 0.5) is 5.69 Å². The minimum Gasteiger partial charge on any atom is -0.481 e. The van der Waals surface area contributed by atoms with Gasteiger partial charge < -0.3 is 14.5 Å². The van der Waals surface area contributed by atoms with Crippen molar-refractivity contribution >= 4 is 22.6 Å². The van der Waals surface area contributed by atoms with Crippen molar-refractivity contribution in [1.82, 2.24) is 0 Å². The fraction of sp³-hybridized carbons (Fsp3) is 0.227. The number of aryl methyl sites for hydroxylation is 1. The van der Waals surface area contributed by atoms with E-state index in [1.165, 1.54) is 6.07 Å². The Hall–Kier alpha value is -3.59. The Labute approximate surface area is 162 Å². The van der Waals surface area contributed by atoms with Crippen LogP contribution in [0.1, 0.15) is 31.4 Å². The maximum Gasteiger partial charge on any atom is 0.336 e. The summed E-state index contributed by atoms with van der Waals surface area (Å²) in [6.45, 7) is 3.67. The van der Waals surface area contributed by atoms with Crippen molar-refractivity contribution in [3.05, 3.63) is 70.1 Å². The molecule has 1 N–H and O–H groups in total. The number of carbonyl (C=O) groups excluding carboxylic acids is 1. The molecule has 0 aliphatic rings. The van der Waals surface area contributed by atoms with Crippen LogP contribution >= 0.6 is 0 Å². The van der Waals surface area contributed by atoms with Gasteiger partial charge in [0.2, 0.25) is 0 Å². The zero-order valence-corrected chi connectivity index (χ0v) is 15.7. The van der Waals surface area contributed by atoms with Gasteiger partial charge in [-0.05, 0) is 49.2 Å². The van der Waals surface area contributed by atoms with E-state index in [1.807, 2.05) is 19.1 Å². The van der Waals surface area contributed by atoms with E-state index in [-0.39, 0.29) is 5.91 Å². The highest BCUT2D eigenvalue weighted by Crippen LogP contribution is 2.24. The molecule has 6 heteroatoms. The van der Waals surface area contributed by atoms with Crippen molar-refractivity contribution in [2.45, 2.75) is 32.8 Å². The molecule has 0 saturated carbocycles. The maximum absolute atomic E-state index is 12.4. The van der Waals surface area contributed by atoms with Crippen LogP contribution in [0.3, 0.4) is 0 Å². The van der Waals surface area contributed by atoms with Crippen LogP contribution in [-0.4, -0.2) is 12.0 Å². The molecule has 1 amide bonds. The monoisotopic (exact) mass is 376 g/mol. The number of hydrogen-bond donors (Lipinski definition) is 1. The Bertz CT molecular complexity index is 1110. The van der Waals surface area contributed by atoms with Crippen molar-refractivity contribution in [3.63, 3.8) is 0 Å². The molecule has 3 rings (SSSR count). The minimum absolute atomic E-state index is 0.351. The van der Waals surface area contributed by atoms with Crippen molar-refractivity contribution in [2.24, 2.45) is 0 Å². The molecule has 2 aromatic carbocycles. The van der Waals surface area contributed by atoms with E-state index < -0.39 is 11.7 Å². The standard InChI is InChI=1S/C22H20N2O4/c1-3-5-16-11-21(25)28-20-12-18(8-9-19(16)20)27-14(2)22(26)24-17-7-4-6-15(10-17)13-23/h4,6-12,14H,3,5H2,1-2H3,(H,24,26)/t14-/m1/s1. The van der Waals surface area contributed by atoms with Crippen LogP contribution in [0.2, 0.25) is 0 Å². The zero-order chi connectivity index (χ0) is 20.1. The molecule has 0 fully saturated rings. The molecule has 0 spiro atoms. The van der Waals surface area contributed by atoms with Crippen LogP contribution in [0.5, 0.6) is 5.75 Å². The van der Waals surface area contributed by atoms with Gasteiger partial charge in [-0.25, -0.2) is 4.79 Å². The molecule has 1 atom stereocenters. The number of amides is 1. The van der Waals surface area contributed by atoms with Gasteiger partial charge in [0.1, 0.15) is 11.3 Å². The van der Waals surface area contributed by atoms with Gasteiger partial charge in [-0.2, -0.15) is 5.26 Å². The van der Waals surface area contributed by atoms with Crippen LogP contribution in [0, 0.1) is 11.3 Å². The lowest BCUT2D eigenvalue weighted by Crippen LogP contribution is -2.30. The first-order valence-corrected chi connectivity index (χ1v) is 9.04. The number of fused-ring (bicyclic) bond motifs is 1. The number of nitrogens with one attached hydrogen (secondary N) is 1. The molecule has 142 valence electrons. The second-order valence-electron chi connectivity index (χ2n) is 6.44. The van der Waals surface area contributed by atoms with E-state index in [0.717, 1.165) is 23.8 Å². The lowest BCUT2D eigenvalue weighted by molar-refractivity contribution is -0.122. The number of nitriles is 1. The highest BCUT2D eigenvalue weighted by atomic mass is 16.5. The molecule has 1 heterocycles. The minimum atomic E-state index is -0.784. The van der Waals surface area contributed by atoms with Crippen molar-refractivity contribution in [2.75, 3.05) is 5.32 Å². The first-order valence-electron chi connectivity index (χ1n) is 9.04. The largest absolute Gasteiger partial charge is 0.481 e. The number of ether oxygens (including phenoxy) is 1. The van der Waals surface area contributed by atoms with E-state index in [4.69, 9.17) is 14.4 Å². The van der Waals surface area contributed by atoms with E-state index in [1.54, 1.807) is 43.3 Å². The van der Waals surface area contributed by atoms with E-state index in [2.05, 4.69) is 5.32 Å². The Kier molecular flexibility index (Phi) is 5.75. The summed E-state index contributed by atoms with van der Waals surface area (Å²) in [7, 11) is 0. The summed E-state index contributed by atoms with van der Waals surface area (Å²) < 4.78 is 11.0. The number of rotatable bonds is 6. The number of anilines is 1. The predicted molar refractivity (Wildman–Crippen MR) is 106 cm³/mol. The first kappa shape index (κ1) is 19.2. The smallest absolute Gasteiger partial charge is 0.336 e. The van der Waals surface area contributed by atoms with Gasteiger partial charge in [-0.15, -0.1) is 0 Å². The average molecular weight is 376 g/mol. The second-order valence-corrected chi connectivity index (χ2v) is 6.44. The molecule has 0 radical (unpaired) electrons. The highest BCUT2D eigenvalue weighted by Gasteiger charge is 2.16. The third kappa shape index (κ3) is 4.38. The highest BCUT2D eigenvalue weighted by molar-refractivity contribution is 5.94. The molecular weight excluding hydrogens is 356 g/mol. The van der Waals surface area contributed by atoms with Crippen LogP contribution in [0.15, 0.2) is 57.7 Å². The lowest BCUT2D eigenvalue weighted by Gasteiger charge is -2.15. The summed E-state index contributed by atoms with van der Waals surface area (Å²) in [4.78, 5) is 24.2. The topological polar surface area (TPSA) is 92.3 Å². The van der Waals surface area contributed by atoms with E-state index in [0.29, 0.717) is 22.6 Å². The molecule has 1 aromatic heterocycles. The first-order chi connectivity index (χ1) is 13.5. The molecule has 0 unspecified atom stereocenters. The second kappa shape index (κ2) is 8.40. The third-order valence-corrected chi connectivity index (χ3v) is 4.26. The Morgan fingerprint density at radius 3 is 2.82 bits per heavy atom. The average Bonchev–Trinajstić information content (AvgIpc) is 2.68. The van der Waals surface area contributed by atoms with Crippen molar-refractivity contribution in [1.29, 1.82) is 5.26 Å². The molecule has 3 aromatic rings. The van der Waals surface area contributed by atoms with Gasteiger partial charge in [0, 0.05) is 23.2 Å². The van der Waals surface area contributed by atoms with Crippen molar-refractivity contribution < 1.29 is 13.9 Å². The van der Waals surface area contributed by atoms with Gasteiger partial charge in [0.15, 0.2) is 6.10 Å². The molecule has 28 heavy (non-hydrogen) atoms. The lowest BCUT2D eigenvalue weighted by atomic mass is 10.1. The SMILES string of the molecule is CCCc1cc(=O)oc2cc(O[C@H](C)C(=O)Nc3cccc(C#N)c3)ccc12. The number of hydrogen-bond acceptors (Lipinski definition) is 5. The van der Waals surface area contributed by atoms with Gasteiger partial charge in [-0.1, -0.05) is 19.4 Å². The molecule has 0 aliphatic heterocycles.